The molecular weight excluding hydrogens is 1480 g/mol. The van der Waals surface area contributed by atoms with Gasteiger partial charge in [0, 0.05) is 113 Å². The summed E-state index contributed by atoms with van der Waals surface area (Å²) in [6.07, 6.45) is 0. The Kier molecular flexibility index (Phi) is 19.3. The molecule has 0 N–H and O–H groups in total. The normalized spacial score (nSPS) is 11.9. The molecule has 2 heterocycles. The first-order valence-corrected chi connectivity index (χ1v) is 51.5. The Bertz CT molecular complexity index is 7020. The van der Waals surface area contributed by atoms with Gasteiger partial charge in [-0.2, -0.15) is 0 Å². The van der Waals surface area contributed by atoms with Crippen LogP contribution in [0.25, 0.3) is 109 Å². The molecule has 118 heavy (non-hydrogen) atoms. The molecule has 18 aromatic carbocycles. The average Bonchev–Trinajstić information content (AvgIpc) is 1.56. The van der Waals surface area contributed by atoms with Crippen LogP contribution in [0.2, 0.25) is 58.9 Å². The van der Waals surface area contributed by atoms with Crippen LogP contribution in [0.4, 0.5) is 68.2 Å². The van der Waals surface area contributed by atoms with Crippen LogP contribution < -0.4 is 35.2 Å². The number of furan rings is 2. The second-order valence-electron chi connectivity index (χ2n) is 34.1. The summed E-state index contributed by atoms with van der Waals surface area (Å²) in [5.41, 5.74) is 21.7. The molecule has 0 saturated heterocycles. The van der Waals surface area contributed by atoms with Gasteiger partial charge in [0.25, 0.3) is 0 Å². The predicted octanol–water partition coefficient (Wildman–Crippen LogP) is 30.6. The first-order chi connectivity index (χ1) is 57.4. The Morgan fingerprint density at radius 1 is 0.169 bits per heavy atom. The lowest BCUT2D eigenvalue weighted by atomic mass is 9.94. The van der Waals surface area contributed by atoms with Crippen molar-refractivity contribution >= 4 is 195 Å². The third kappa shape index (κ3) is 14.2. The van der Waals surface area contributed by atoms with Crippen molar-refractivity contribution in [1.29, 1.82) is 0 Å². The average molecular weight is 1570 g/mol. The van der Waals surface area contributed by atoms with Crippen molar-refractivity contribution in [2.45, 2.75) is 58.9 Å². The van der Waals surface area contributed by atoms with Gasteiger partial charge in [-0.3, -0.25) is 0 Å². The number of nitrogens with zero attached hydrogens (tertiary/aromatic N) is 4. The topological polar surface area (TPSA) is 39.2 Å². The Balaban J connectivity index is 0.000000157. The zero-order valence-electron chi connectivity index (χ0n) is 68.1. The minimum absolute atomic E-state index is 0.870. The van der Waals surface area contributed by atoms with Gasteiger partial charge in [0.2, 0.25) is 0 Å². The Morgan fingerprint density at radius 2 is 0.390 bits per heavy atom. The molecule has 20 aromatic rings. The van der Waals surface area contributed by atoms with Crippen LogP contribution in [0, 0.1) is 0 Å². The van der Waals surface area contributed by atoms with Crippen LogP contribution >= 0.6 is 0 Å². The van der Waals surface area contributed by atoms with Crippen LogP contribution in [0.15, 0.2) is 403 Å². The maximum absolute atomic E-state index is 6.97. The standard InChI is InChI=1S/C56H50N2OSi2.C53H42N2OSi/c1-60(2,3)47-31-26-44(27-32-47)57(41-15-9-7-10-16-41)43-24-21-39(22-25-43)40-23-35-51-53(37-40)49-19-13-14-20-50(49)55-52-36-30-46(38-54(52)59-56(51)55)58(42-17-11-8-12-18-42)45-28-33-48(34-29-45)61(4,5)6;1-57(2,3)45-31-28-43(29-32-45)54(39-15-7-4-8-16-39)42-26-23-37(24-27-42)38-25-33-48-50(35-38)46-21-13-14-22-47(46)52-49-34-30-44(36-51(49)56-53(48)52)55(40-17-9-5-10-18-40)41-19-11-6-12-20-41/h7-38H,1-6H3;4-36H,1-3H3. The zero-order chi connectivity index (χ0) is 80.4. The van der Waals surface area contributed by atoms with Crippen LogP contribution in [0.3, 0.4) is 0 Å². The molecule has 0 radical (unpaired) electrons. The highest BCUT2D eigenvalue weighted by Crippen LogP contribution is 2.48. The van der Waals surface area contributed by atoms with E-state index in [1.54, 1.807) is 0 Å². The fourth-order valence-electron chi connectivity index (χ4n) is 17.1. The van der Waals surface area contributed by atoms with Crippen LogP contribution in [-0.2, 0) is 0 Å². The molecule has 0 bridgehead atoms. The molecule has 0 aliphatic heterocycles. The van der Waals surface area contributed by atoms with Gasteiger partial charge in [-0.1, -0.05) is 287 Å². The van der Waals surface area contributed by atoms with Gasteiger partial charge in [0.05, 0.1) is 24.2 Å². The van der Waals surface area contributed by atoms with Crippen molar-refractivity contribution in [3.63, 3.8) is 0 Å². The maximum atomic E-state index is 6.97. The SMILES string of the molecule is C[Si](C)(C)c1ccc(N(c2ccccc2)c2ccc(-c3ccc4c(c3)c3ccccc3c3c5ccc(N(c6ccccc6)c6ccc([Si](C)(C)C)cc6)cc5oc43)cc2)cc1.C[Si](C)(C)c1ccc(N(c2ccccc2)c2ccc(-c3ccc4c(c3)c3ccccc3c3c5ccc(N(c6ccccc6)c6ccccc6)cc5oc43)cc2)cc1. The lowest BCUT2D eigenvalue weighted by Crippen LogP contribution is -2.37. The number of hydrogen-bond donors (Lipinski definition) is 0. The highest BCUT2D eigenvalue weighted by atomic mass is 28.3. The molecule has 2 aromatic heterocycles. The molecule has 0 atom stereocenters. The van der Waals surface area contributed by atoms with E-state index in [1.807, 2.05) is 0 Å². The maximum Gasteiger partial charge on any atom is 0.143 e. The van der Waals surface area contributed by atoms with Crippen LogP contribution in [0.5, 0.6) is 0 Å². The fraction of sp³-hybridized carbons (Fsp3) is 0.0826. The van der Waals surface area contributed by atoms with E-state index in [2.05, 4.69) is 473 Å². The molecule has 572 valence electrons. The van der Waals surface area contributed by atoms with E-state index >= 15 is 0 Å². The third-order valence-corrected chi connectivity index (χ3v) is 29.5. The zero-order valence-corrected chi connectivity index (χ0v) is 71.1. The summed E-state index contributed by atoms with van der Waals surface area (Å²) >= 11 is 0. The van der Waals surface area contributed by atoms with Crippen LogP contribution in [-0.4, -0.2) is 24.2 Å². The number of anilines is 12. The number of rotatable bonds is 17. The third-order valence-electron chi connectivity index (χ3n) is 23.3. The second kappa shape index (κ2) is 30.6. The minimum atomic E-state index is -1.44. The summed E-state index contributed by atoms with van der Waals surface area (Å²) in [5.74, 6) is 0. The molecule has 9 heteroatoms. The molecule has 0 unspecified atom stereocenters. The summed E-state index contributed by atoms with van der Waals surface area (Å²) in [5, 5.41) is 18.4. The van der Waals surface area contributed by atoms with Crippen molar-refractivity contribution in [2.75, 3.05) is 19.6 Å². The first-order valence-electron chi connectivity index (χ1n) is 41.0. The van der Waals surface area contributed by atoms with Crippen molar-refractivity contribution < 1.29 is 8.83 Å². The number of para-hydroxylation sites is 5. The quantitative estimate of drug-likeness (QED) is 0.0668. The lowest BCUT2D eigenvalue weighted by molar-refractivity contribution is 0.672. The number of hydrogen-bond acceptors (Lipinski definition) is 6. The van der Waals surface area contributed by atoms with Gasteiger partial charge in [-0.15, -0.1) is 0 Å². The van der Waals surface area contributed by atoms with Crippen molar-refractivity contribution in [1.82, 2.24) is 0 Å². The van der Waals surface area contributed by atoms with E-state index in [-0.39, 0.29) is 0 Å². The van der Waals surface area contributed by atoms with Crippen molar-refractivity contribution in [3.05, 3.63) is 394 Å². The molecule has 0 aliphatic carbocycles. The first kappa shape index (κ1) is 74.6. The van der Waals surface area contributed by atoms with Crippen molar-refractivity contribution in [3.8, 4) is 22.3 Å². The summed E-state index contributed by atoms with van der Waals surface area (Å²) in [7, 11) is -4.27. The molecule has 0 saturated carbocycles. The summed E-state index contributed by atoms with van der Waals surface area (Å²) in [6.45, 7) is 21.6. The fourth-order valence-corrected chi connectivity index (χ4v) is 20.6. The summed E-state index contributed by atoms with van der Waals surface area (Å²) in [4.78, 5) is 9.30. The Hall–Kier alpha value is -13.5. The van der Waals surface area contributed by atoms with Gasteiger partial charge in [0.15, 0.2) is 0 Å². The van der Waals surface area contributed by atoms with E-state index < -0.39 is 24.2 Å². The van der Waals surface area contributed by atoms with Gasteiger partial charge < -0.3 is 28.4 Å². The second-order valence-corrected chi connectivity index (χ2v) is 49.3. The smallest absolute Gasteiger partial charge is 0.143 e. The summed E-state index contributed by atoms with van der Waals surface area (Å²) < 4.78 is 13.9. The largest absolute Gasteiger partial charge is 0.455 e. The predicted molar refractivity (Wildman–Crippen MR) is 516 cm³/mol. The lowest BCUT2D eigenvalue weighted by Gasteiger charge is -2.26. The van der Waals surface area contributed by atoms with Crippen molar-refractivity contribution in [2.24, 2.45) is 0 Å². The van der Waals surface area contributed by atoms with E-state index in [1.165, 1.54) is 70.1 Å². The van der Waals surface area contributed by atoms with E-state index in [4.69, 9.17) is 8.83 Å². The number of benzene rings is 18. The van der Waals surface area contributed by atoms with E-state index in [0.717, 1.165) is 123 Å². The van der Waals surface area contributed by atoms with Gasteiger partial charge in [0.1, 0.15) is 22.3 Å². The molecule has 0 amide bonds. The molecular formula is C109H92N4O2Si3. The Morgan fingerprint density at radius 3 is 0.669 bits per heavy atom. The van der Waals surface area contributed by atoms with E-state index in [0.29, 0.717) is 0 Å². The van der Waals surface area contributed by atoms with E-state index in [9.17, 15) is 0 Å². The monoisotopic (exact) mass is 1570 g/mol. The number of fused-ring (bicyclic) bond motifs is 16. The highest BCUT2D eigenvalue weighted by Gasteiger charge is 2.26. The molecule has 6 nitrogen and oxygen atoms in total. The molecule has 0 spiro atoms. The van der Waals surface area contributed by atoms with Gasteiger partial charge >= 0.3 is 0 Å². The molecule has 0 aliphatic rings. The Labute approximate surface area is 694 Å². The van der Waals surface area contributed by atoms with Crippen LogP contribution in [0.1, 0.15) is 0 Å². The molecule has 0 fully saturated rings. The van der Waals surface area contributed by atoms with Gasteiger partial charge in [-0.05, 0) is 224 Å². The van der Waals surface area contributed by atoms with Gasteiger partial charge in [-0.25, -0.2) is 0 Å². The highest BCUT2D eigenvalue weighted by molar-refractivity contribution is 6.89. The minimum Gasteiger partial charge on any atom is -0.455 e. The molecule has 20 rings (SSSR count). The summed E-state index contributed by atoms with van der Waals surface area (Å²) in [6, 6.07) is 143.